The van der Waals surface area contributed by atoms with Crippen molar-refractivity contribution in [2.24, 2.45) is 34.8 Å². The lowest BCUT2D eigenvalue weighted by molar-refractivity contribution is -0.147. The van der Waals surface area contributed by atoms with Crippen LogP contribution >= 0.6 is 23.2 Å². The van der Waals surface area contributed by atoms with Crippen molar-refractivity contribution >= 4 is 50.9 Å². The molecular weight excluding hydrogens is 525 g/mol. The van der Waals surface area contributed by atoms with Gasteiger partial charge in [-0.1, -0.05) is 30.1 Å². The fraction of sp³-hybridized carbons (Fsp3) is 0.625. The van der Waals surface area contributed by atoms with Crippen LogP contribution in [0.25, 0.3) is 0 Å². The van der Waals surface area contributed by atoms with E-state index in [1.54, 1.807) is 0 Å². The minimum absolute atomic E-state index is 0.0538. The van der Waals surface area contributed by atoms with Crippen molar-refractivity contribution in [3.05, 3.63) is 27.7 Å². The molecule has 6 rings (SSSR count). The molecular formula is C24H29Cl2N5O4S. The Labute approximate surface area is 221 Å². The molecule has 3 N–H and O–H groups in total. The molecule has 4 bridgehead atoms. The lowest BCUT2D eigenvalue weighted by Crippen LogP contribution is -2.63. The van der Waals surface area contributed by atoms with E-state index in [0.717, 1.165) is 27.9 Å². The van der Waals surface area contributed by atoms with Crippen molar-refractivity contribution in [2.75, 3.05) is 23.9 Å². The molecule has 1 aromatic carbocycles. The molecule has 2 amide bonds. The molecule has 3 unspecified atom stereocenters. The summed E-state index contributed by atoms with van der Waals surface area (Å²) in [6, 6.07) is 4.62. The number of nitriles is 1. The first-order chi connectivity index (χ1) is 16.9. The maximum atomic E-state index is 13.5. The second kappa shape index (κ2) is 9.05. The molecule has 1 saturated heterocycles. The van der Waals surface area contributed by atoms with E-state index in [9.17, 15) is 18.0 Å². The van der Waals surface area contributed by atoms with Crippen LogP contribution in [0.15, 0.2) is 12.1 Å². The normalized spacial score (nSPS) is 34.8. The number of primary amides is 1. The van der Waals surface area contributed by atoms with Crippen LogP contribution in [0.3, 0.4) is 0 Å². The molecule has 194 valence electrons. The van der Waals surface area contributed by atoms with Gasteiger partial charge in [0.1, 0.15) is 0 Å². The summed E-state index contributed by atoms with van der Waals surface area (Å²) in [6.07, 6.45) is 4.12. The summed E-state index contributed by atoms with van der Waals surface area (Å²) in [6.45, 7) is 1.89. The molecule has 1 aromatic rings. The Morgan fingerprint density at radius 3 is 2.33 bits per heavy atom. The van der Waals surface area contributed by atoms with E-state index in [4.69, 9.17) is 34.2 Å². The molecule has 1 aliphatic heterocycles. The Bertz CT molecular complexity index is 1230. The number of rotatable bonds is 5. The molecule has 5 fully saturated rings. The van der Waals surface area contributed by atoms with Crippen molar-refractivity contribution in [1.29, 1.82) is 5.26 Å². The summed E-state index contributed by atoms with van der Waals surface area (Å²) < 4.78 is 29.4. The third kappa shape index (κ3) is 4.24. The predicted molar refractivity (Wildman–Crippen MR) is 135 cm³/mol. The number of nitrogens with zero attached hydrogens (tertiary/aromatic N) is 3. The van der Waals surface area contributed by atoms with E-state index in [1.165, 1.54) is 12.1 Å². The summed E-state index contributed by atoms with van der Waals surface area (Å²) in [5, 5.41) is 12.4. The monoisotopic (exact) mass is 553 g/mol. The average molecular weight is 555 g/mol. The lowest BCUT2D eigenvalue weighted by Gasteiger charge is -2.58. The number of benzene rings is 1. The standard InChI is InChI=1S/C24H29Cl2N5O4S/c1-13-10-30(36(34,35)31(11-13)22-18(25)4-15(9-27)5-19(22)26)12-20(32)29-21-16-2-14-3-17(21)8-24(6-14,7-16)23(28)33/h4-5,13-14,16-17,21H,2-3,6-8,10-12H2,1H3,(H2,28,33)(H,29,32). The maximum Gasteiger partial charge on any atom is 0.304 e. The number of hydrogen-bond acceptors (Lipinski definition) is 5. The maximum absolute atomic E-state index is 13.5. The van der Waals surface area contributed by atoms with Crippen molar-refractivity contribution < 1.29 is 18.0 Å². The third-order valence-electron chi connectivity index (χ3n) is 8.44. The summed E-state index contributed by atoms with van der Waals surface area (Å²) in [4.78, 5) is 25.4. The van der Waals surface area contributed by atoms with E-state index in [2.05, 4.69) is 5.32 Å². The van der Waals surface area contributed by atoms with E-state index in [-0.39, 0.29) is 76.5 Å². The summed E-state index contributed by atoms with van der Waals surface area (Å²) in [5.41, 5.74) is 5.64. The Kier molecular flexibility index (Phi) is 6.43. The molecule has 0 spiro atoms. The molecule has 5 aliphatic rings. The number of amides is 2. The van der Waals surface area contributed by atoms with Crippen LogP contribution in [0.5, 0.6) is 0 Å². The van der Waals surface area contributed by atoms with Crippen molar-refractivity contribution in [2.45, 2.75) is 45.1 Å². The minimum atomic E-state index is -4.10. The Morgan fingerprint density at radius 1 is 1.17 bits per heavy atom. The van der Waals surface area contributed by atoms with Crippen LogP contribution < -0.4 is 15.4 Å². The van der Waals surface area contributed by atoms with Gasteiger partial charge >= 0.3 is 10.2 Å². The first-order valence-electron chi connectivity index (χ1n) is 12.2. The second-order valence-electron chi connectivity index (χ2n) is 11.0. The number of hydrogen-bond donors (Lipinski definition) is 2. The van der Waals surface area contributed by atoms with Gasteiger partial charge in [-0.25, -0.2) is 0 Å². The summed E-state index contributed by atoms with van der Waals surface area (Å²) in [7, 11) is -4.10. The van der Waals surface area contributed by atoms with Crippen LogP contribution in [0, 0.1) is 40.4 Å². The van der Waals surface area contributed by atoms with Gasteiger partial charge < -0.3 is 11.1 Å². The van der Waals surface area contributed by atoms with Crippen molar-refractivity contribution in [3.63, 3.8) is 0 Å². The van der Waals surface area contributed by atoms with Gasteiger partial charge in [0.05, 0.1) is 33.9 Å². The van der Waals surface area contributed by atoms with Crippen LogP contribution in [-0.4, -0.2) is 50.2 Å². The fourth-order valence-corrected chi connectivity index (χ4v) is 9.85. The highest BCUT2D eigenvalue weighted by atomic mass is 35.5. The molecule has 3 atom stereocenters. The Balaban J connectivity index is 1.33. The predicted octanol–water partition coefficient (Wildman–Crippen LogP) is 2.66. The fourth-order valence-electron chi connectivity index (χ4n) is 7.19. The zero-order valence-corrected chi connectivity index (χ0v) is 22.2. The van der Waals surface area contributed by atoms with Crippen LogP contribution in [0.2, 0.25) is 10.0 Å². The van der Waals surface area contributed by atoms with E-state index >= 15 is 0 Å². The molecule has 1 heterocycles. The first-order valence-corrected chi connectivity index (χ1v) is 14.3. The van der Waals surface area contributed by atoms with Crippen molar-refractivity contribution in [3.8, 4) is 6.07 Å². The van der Waals surface area contributed by atoms with E-state index in [1.807, 2.05) is 13.0 Å². The van der Waals surface area contributed by atoms with Gasteiger partial charge in [0.2, 0.25) is 11.8 Å². The zero-order chi connectivity index (χ0) is 26.0. The summed E-state index contributed by atoms with van der Waals surface area (Å²) >= 11 is 12.7. The molecule has 9 nitrogen and oxygen atoms in total. The number of nitrogens with one attached hydrogen (secondary N) is 1. The van der Waals surface area contributed by atoms with Crippen molar-refractivity contribution in [1.82, 2.24) is 9.62 Å². The van der Waals surface area contributed by atoms with Crippen LogP contribution in [0.1, 0.15) is 44.6 Å². The molecule has 12 heteroatoms. The molecule has 0 radical (unpaired) electrons. The number of carbonyl (C=O) groups excluding carboxylic acids is 2. The van der Waals surface area contributed by atoms with Gasteiger partial charge in [0.25, 0.3) is 0 Å². The van der Waals surface area contributed by atoms with E-state index < -0.39 is 15.6 Å². The first kappa shape index (κ1) is 25.6. The molecule has 4 aliphatic carbocycles. The zero-order valence-electron chi connectivity index (χ0n) is 19.9. The molecule has 36 heavy (non-hydrogen) atoms. The van der Waals surface area contributed by atoms with Gasteiger partial charge in [0, 0.05) is 24.5 Å². The topological polar surface area (TPSA) is 137 Å². The highest BCUT2D eigenvalue weighted by Crippen LogP contribution is 2.59. The minimum Gasteiger partial charge on any atom is -0.369 e. The number of anilines is 1. The lowest BCUT2D eigenvalue weighted by atomic mass is 9.47. The average Bonchev–Trinajstić information content (AvgIpc) is 2.78. The molecule has 0 aromatic heterocycles. The van der Waals surface area contributed by atoms with Gasteiger partial charge in [-0.05, 0) is 67.9 Å². The number of nitrogens with two attached hydrogens (primary N) is 1. The van der Waals surface area contributed by atoms with Gasteiger partial charge in [-0.2, -0.15) is 18.0 Å². The quantitative estimate of drug-likeness (QED) is 0.577. The Hall–Kier alpha value is -2.06. The van der Waals surface area contributed by atoms with Gasteiger partial charge in [0.15, 0.2) is 0 Å². The number of halogens is 2. The molecule has 4 saturated carbocycles. The highest BCUT2D eigenvalue weighted by molar-refractivity contribution is 7.90. The summed E-state index contributed by atoms with van der Waals surface area (Å²) in [5.74, 6) is 0.118. The third-order valence-corrected chi connectivity index (χ3v) is 10.8. The smallest absolute Gasteiger partial charge is 0.304 e. The Morgan fingerprint density at radius 2 is 1.78 bits per heavy atom. The van der Waals surface area contributed by atoms with Gasteiger partial charge in [-0.3, -0.25) is 13.9 Å². The number of carbonyl (C=O) groups is 2. The SMILES string of the molecule is CC1CN(CC(=O)NC2C3CC4CC2CC(C(N)=O)(C4)C3)S(=O)(=O)N(c2c(Cl)cc(C#N)cc2Cl)C1. The van der Waals surface area contributed by atoms with E-state index in [0.29, 0.717) is 18.8 Å². The second-order valence-corrected chi connectivity index (χ2v) is 13.7. The van der Waals surface area contributed by atoms with Crippen LogP contribution in [0.4, 0.5) is 5.69 Å². The largest absolute Gasteiger partial charge is 0.369 e. The van der Waals surface area contributed by atoms with Gasteiger partial charge in [-0.15, -0.1) is 0 Å². The van der Waals surface area contributed by atoms with Crippen LogP contribution in [-0.2, 0) is 19.8 Å². The highest BCUT2D eigenvalue weighted by Gasteiger charge is 2.58.